The number of methoxy groups -OCH3 is 3. The smallest absolute Gasteiger partial charge is 0.289 e. The van der Waals surface area contributed by atoms with Crippen LogP contribution in [0.2, 0.25) is 5.02 Å². The molecule has 0 saturated carbocycles. The Morgan fingerprint density at radius 1 is 1.12 bits per heavy atom. The van der Waals surface area contributed by atoms with E-state index in [1.54, 1.807) is 13.1 Å². The second kappa shape index (κ2) is 7.29. The lowest BCUT2D eigenvalue weighted by Gasteiger charge is -2.31. The van der Waals surface area contributed by atoms with E-state index in [1.165, 1.54) is 39.5 Å². The topological polar surface area (TPSA) is 61.3 Å². The highest BCUT2D eigenvalue weighted by Crippen LogP contribution is 2.50. The van der Waals surface area contributed by atoms with Crippen molar-refractivity contribution in [3.63, 3.8) is 0 Å². The Bertz CT molecular complexity index is 873. The summed E-state index contributed by atoms with van der Waals surface area (Å²) in [6.45, 7) is 0. The van der Waals surface area contributed by atoms with Crippen molar-refractivity contribution >= 4 is 23.3 Å². The molecule has 1 aliphatic rings. The number of fused-ring (bicyclic) bond motifs is 1. The number of ether oxygens (including phenoxy) is 4. The Morgan fingerprint density at radius 3 is 2.46 bits per heavy atom. The molecule has 8 heteroatoms. The summed E-state index contributed by atoms with van der Waals surface area (Å²) in [6, 6.07) is 6.23. The molecule has 1 heterocycles. The van der Waals surface area contributed by atoms with E-state index in [9.17, 15) is 4.39 Å². The van der Waals surface area contributed by atoms with Gasteiger partial charge in [0.1, 0.15) is 5.82 Å². The first-order valence-corrected chi connectivity index (χ1v) is 8.10. The molecule has 6 nitrogen and oxygen atoms in total. The fourth-order valence-corrected chi connectivity index (χ4v) is 3.08. The second-order valence-electron chi connectivity index (χ2n) is 5.42. The van der Waals surface area contributed by atoms with Crippen LogP contribution in [0.5, 0.6) is 17.2 Å². The number of rotatable bonds is 4. The van der Waals surface area contributed by atoms with E-state index in [4.69, 9.17) is 30.5 Å². The molecule has 0 fully saturated rings. The lowest BCUT2D eigenvalue weighted by atomic mass is 9.96. The summed E-state index contributed by atoms with van der Waals surface area (Å²) in [6.07, 6.45) is -0.835. The molecule has 0 radical (unpaired) electrons. The van der Waals surface area contributed by atoms with Gasteiger partial charge in [-0.1, -0.05) is 11.6 Å². The molecule has 0 aliphatic carbocycles. The number of hydrogen-bond acceptors (Lipinski definition) is 5. The number of amidine groups is 1. The van der Waals surface area contributed by atoms with E-state index < -0.39 is 11.9 Å². The Hall–Kier alpha value is -2.67. The van der Waals surface area contributed by atoms with Gasteiger partial charge in [-0.05, 0) is 18.2 Å². The molecule has 3 rings (SSSR count). The summed E-state index contributed by atoms with van der Waals surface area (Å²) in [4.78, 5) is 4.04. The van der Waals surface area contributed by atoms with Crippen LogP contribution in [0.1, 0.15) is 17.2 Å². The van der Waals surface area contributed by atoms with Crippen LogP contribution in [0.3, 0.4) is 0 Å². The van der Waals surface area contributed by atoms with Crippen molar-refractivity contribution in [3.05, 3.63) is 46.2 Å². The molecular weight excluding hydrogens is 363 g/mol. The van der Waals surface area contributed by atoms with Crippen LogP contribution >= 0.6 is 11.6 Å². The monoisotopic (exact) mass is 380 g/mol. The minimum atomic E-state index is -0.835. The largest absolute Gasteiger partial charge is 0.493 e. The zero-order chi connectivity index (χ0) is 18.8. The predicted molar refractivity (Wildman–Crippen MR) is 97.4 cm³/mol. The lowest BCUT2D eigenvalue weighted by Crippen LogP contribution is -2.28. The van der Waals surface area contributed by atoms with E-state index in [0.29, 0.717) is 33.5 Å². The number of aliphatic imine (C=N–C) groups is 1. The van der Waals surface area contributed by atoms with Gasteiger partial charge in [0.15, 0.2) is 17.6 Å². The van der Waals surface area contributed by atoms with Gasteiger partial charge in [-0.3, -0.25) is 0 Å². The number of benzene rings is 2. The third-order valence-electron chi connectivity index (χ3n) is 4.05. The number of nitrogens with one attached hydrogen (secondary N) is 1. The van der Waals surface area contributed by atoms with Crippen LogP contribution in [0.25, 0.3) is 0 Å². The van der Waals surface area contributed by atoms with E-state index in [2.05, 4.69) is 10.3 Å². The normalized spacial score (nSPS) is 17.2. The first kappa shape index (κ1) is 18.1. The predicted octanol–water partition coefficient (Wildman–Crippen LogP) is 4.02. The van der Waals surface area contributed by atoms with Crippen LogP contribution < -0.4 is 19.5 Å². The molecule has 0 spiro atoms. The van der Waals surface area contributed by atoms with Crippen LogP contribution in [0.4, 0.5) is 10.1 Å². The summed E-state index contributed by atoms with van der Waals surface area (Å²) in [5, 5.41) is 3.43. The Morgan fingerprint density at radius 2 is 1.85 bits per heavy atom. The zero-order valence-corrected chi connectivity index (χ0v) is 15.5. The Balaban J connectivity index is 2.31. The highest BCUT2D eigenvalue weighted by Gasteiger charge is 2.35. The fourth-order valence-electron chi connectivity index (χ4n) is 2.90. The molecule has 1 N–H and O–H groups in total. The summed E-state index contributed by atoms with van der Waals surface area (Å²) < 4.78 is 36.8. The van der Waals surface area contributed by atoms with Crippen LogP contribution in [0, 0.1) is 5.82 Å². The fraction of sp³-hybridized carbons (Fsp3) is 0.278. The standard InChI is InChI=1S/C18H18ClFN2O4/c1-21-18-22-12-8-13(23-2)16(24-3)17(25-4)14(12)15(26-18)10-7-9(19)5-6-11(10)20/h5-8,15H,1-4H3,(H,21,22). The van der Waals surface area contributed by atoms with Gasteiger partial charge in [-0.15, -0.1) is 0 Å². The maximum atomic E-state index is 14.5. The van der Waals surface area contributed by atoms with Gasteiger partial charge in [-0.25, -0.2) is 9.38 Å². The average Bonchev–Trinajstić information content (AvgIpc) is 2.67. The minimum absolute atomic E-state index is 0.233. The van der Waals surface area contributed by atoms with Crippen molar-refractivity contribution in [2.24, 2.45) is 4.99 Å². The molecule has 0 saturated heterocycles. The molecule has 0 aromatic heterocycles. The first-order chi connectivity index (χ1) is 12.5. The van der Waals surface area contributed by atoms with Crippen molar-refractivity contribution < 1.29 is 23.3 Å². The molecule has 1 aliphatic heterocycles. The first-order valence-electron chi connectivity index (χ1n) is 7.72. The van der Waals surface area contributed by atoms with Crippen molar-refractivity contribution in [2.45, 2.75) is 6.10 Å². The third kappa shape index (κ3) is 2.99. The highest BCUT2D eigenvalue weighted by molar-refractivity contribution is 6.30. The van der Waals surface area contributed by atoms with E-state index in [0.717, 1.165) is 0 Å². The molecule has 26 heavy (non-hydrogen) atoms. The Labute approximate surface area is 155 Å². The molecule has 2 aromatic carbocycles. The van der Waals surface area contributed by atoms with Crippen LogP contribution in [-0.2, 0) is 4.74 Å². The van der Waals surface area contributed by atoms with Crippen molar-refractivity contribution in [3.8, 4) is 17.2 Å². The second-order valence-corrected chi connectivity index (χ2v) is 5.86. The highest BCUT2D eigenvalue weighted by atomic mass is 35.5. The van der Waals surface area contributed by atoms with Gasteiger partial charge in [0, 0.05) is 23.7 Å². The molecule has 0 amide bonds. The summed E-state index contributed by atoms with van der Waals surface area (Å²) in [7, 11) is 6.08. The molecule has 1 atom stereocenters. The lowest BCUT2D eigenvalue weighted by molar-refractivity contribution is 0.213. The minimum Gasteiger partial charge on any atom is -0.493 e. The number of hydrogen-bond donors (Lipinski definition) is 1. The van der Waals surface area contributed by atoms with Gasteiger partial charge < -0.3 is 24.3 Å². The van der Waals surface area contributed by atoms with Crippen molar-refractivity contribution in [2.75, 3.05) is 33.7 Å². The molecule has 0 bridgehead atoms. The van der Waals surface area contributed by atoms with Gasteiger partial charge in [0.05, 0.1) is 32.6 Å². The quantitative estimate of drug-likeness (QED) is 0.868. The summed E-state index contributed by atoms with van der Waals surface area (Å²) >= 11 is 6.07. The summed E-state index contributed by atoms with van der Waals surface area (Å²) in [5.41, 5.74) is 1.42. The van der Waals surface area contributed by atoms with Gasteiger partial charge in [0.25, 0.3) is 6.02 Å². The van der Waals surface area contributed by atoms with Gasteiger partial charge in [-0.2, -0.15) is 0 Å². The van der Waals surface area contributed by atoms with Gasteiger partial charge >= 0.3 is 0 Å². The number of nitrogens with zero attached hydrogens (tertiary/aromatic N) is 1. The molecular formula is C18H18ClFN2O4. The van der Waals surface area contributed by atoms with E-state index >= 15 is 0 Å². The summed E-state index contributed by atoms with van der Waals surface area (Å²) in [5.74, 6) is 0.746. The third-order valence-corrected chi connectivity index (χ3v) is 4.28. The van der Waals surface area contributed by atoms with Gasteiger partial charge in [0.2, 0.25) is 5.75 Å². The molecule has 1 unspecified atom stereocenters. The van der Waals surface area contributed by atoms with Crippen molar-refractivity contribution in [1.29, 1.82) is 0 Å². The van der Waals surface area contributed by atoms with E-state index in [-0.39, 0.29) is 11.6 Å². The maximum Gasteiger partial charge on any atom is 0.289 e. The van der Waals surface area contributed by atoms with Crippen molar-refractivity contribution in [1.82, 2.24) is 0 Å². The van der Waals surface area contributed by atoms with Crippen LogP contribution in [0.15, 0.2) is 29.3 Å². The number of anilines is 1. The average molecular weight is 381 g/mol. The molecule has 138 valence electrons. The number of halogens is 2. The maximum absolute atomic E-state index is 14.5. The SMILES string of the molecule is CN=C1Nc2cc(OC)c(OC)c(OC)c2C(c2cc(Cl)ccc2F)O1. The zero-order valence-electron chi connectivity index (χ0n) is 14.7. The van der Waals surface area contributed by atoms with Crippen LogP contribution in [-0.4, -0.2) is 34.4 Å². The van der Waals surface area contributed by atoms with E-state index in [1.807, 2.05) is 0 Å². The Kier molecular flexibility index (Phi) is 5.08. The molecule has 2 aromatic rings.